The van der Waals surface area contributed by atoms with Crippen LogP contribution in [0, 0.1) is 0 Å². The number of hydrogen-bond acceptors (Lipinski definition) is 5. The lowest BCUT2D eigenvalue weighted by Gasteiger charge is -2.16. The number of ether oxygens (including phenoxy) is 1. The summed E-state index contributed by atoms with van der Waals surface area (Å²) in [5, 5.41) is 6.02. The Kier molecular flexibility index (Phi) is 6.69. The number of carbonyl (C=O) groups is 3. The van der Waals surface area contributed by atoms with E-state index >= 15 is 0 Å². The van der Waals surface area contributed by atoms with E-state index in [4.69, 9.17) is 4.74 Å². The van der Waals surface area contributed by atoms with Crippen LogP contribution in [0.15, 0.2) is 24.3 Å². The van der Waals surface area contributed by atoms with E-state index in [1.165, 1.54) is 23.8 Å². The molecule has 7 heteroatoms. The molecule has 6 nitrogen and oxygen atoms in total. The van der Waals surface area contributed by atoms with Crippen molar-refractivity contribution in [2.75, 3.05) is 10.6 Å². The summed E-state index contributed by atoms with van der Waals surface area (Å²) in [6.07, 6.45) is 3.69. The lowest BCUT2D eigenvalue weighted by molar-refractivity contribution is -0.123. The highest BCUT2D eigenvalue weighted by Gasteiger charge is 2.29. The monoisotopic (exact) mass is 414 g/mol. The second-order valence-electron chi connectivity index (χ2n) is 7.18. The van der Waals surface area contributed by atoms with Crippen molar-refractivity contribution < 1.29 is 19.1 Å². The largest absolute Gasteiger partial charge is 0.449 e. The maximum Gasteiger partial charge on any atom is 0.342 e. The zero-order chi connectivity index (χ0) is 21.0. The smallest absolute Gasteiger partial charge is 0.342 e. The summed E-state index contributed by atoms with van der Waals surface area (Å²) in [4.78, 5) is 38.0. The number of carbonyl (C=O) groups excluding carboxylic acids is 3. The summed E-state index contributed by atoms with van der Waals surface area (Å²) in [7, 11) is 0. The van der Waals surface area contributed by atoms with Crippen LogP contribution in [0.25, 0.3) is 0 Å². The van der Waals surface area contributed by atoms with Crippen molar-refractivity contribution in [1.82, 2.24) is 0 Å². The van der Waals surface area contributed by atoms with Crippen LogP contribution in [-0.2, 0) is 33.6 Å². The zero-order valence-corrected chi connectivity index (χ0v) is 17.8. The molecule has 1 aliphatic rings. The Bertz CT molecular complexity index is 918. The molecule has 1 heterocycles. The van der Waals surface area contributed by atoms with E-state index in [2.05, 4.69) is 17.6 Å². The quantitative estimate of drug-likeness (QED) is 0.689. The lowest BCUT2D eigenvalue weighted by Crippen LogP contribution is -2.30. The molecule has 0 saturated heterocycles. The SMILES string of the molecule is CCc1ccc(NC(=O)C(C)OC(=O)c2c(NC(C)=O)sc3c2CCCC3)cc1. The number of esters is 1. The zero-order valence-electron chi connectivity index (χ0n) is 17.0. The number of nitrogens with one attached hydrogen (secondary N) is 2. The molecule has 0 radical (unpaired) electrons. The third-order valence-electron chi connectivity index (χ3n) is 4.95. The average Bonchev–Trinajstić information content (AvgIpc) is 3.05. The molecular formula is C22H26N2O4S. The summed E-state index contributed by atoms with van der Waals surface area (Å²) < 4.78 is 5.47. The predicted octanol–water partition coefficient (Wildman–Crippen LogP) is 4.33. The van der Waals surface area contributed by atoms with Crippen molar-refractivity contribution in [1.29, 1.82) is 0 Å². The minimum atomic E-state index is -0.960. The summed E-state index contributed by atoms with van der Waals surface area (Å²) >= 11 is 1.43. The summed E-state index contributed by atoms with van der Waals surface area (Å²) in [5.74, 6) is -1.20. The van der Waals surface area contributed by atoms with Gasteiger partial charge in [-0.05, 0) is 62.3 Å². The predicted molar refractivity (Wildman–Crippen MR) is 115 cm³/mol. The molecule has 0 saturated carbocycles. The third-order valence-corrected chi connectivity index (χ3v) is 6.15. The molecule has 2 aromatic rings. The molecule has 2 N–H and O–H groups in total. The van der Waals surface area contributed by atoms with Crippen LogP contribution in [0.5, 0.6) is 0 Å². The van der Waals surface area contributed by atoms with Gasteiger partial charge >= 0.3 is 5.97 Å². The molecular weight excluding hydrogens is 388 g/mol. The molecule has 1 unspecified atom stereocenters. The molecule has 0 spiro atoms. The molecule has 154 valence electrons. The van der Waals surface area contributed by atoms with E-state index in [0.29, 0.717) is 16.3 Å². The first-order chi connectivity index (χ1) is 13.9. The Hall–Kier alpha value is -2.67. The Labute approximate surface area is 174 Å². The Morgan fingerprint density at radius 2 is 1.79 bits per heavy atom. The van der Waals surface area contributed by atoms with Crippen molar-refractivity contribution in [3.05, 3.63) is 45.8 Å². The molecule has 1 aliphatic carbocycles. The van der Waals surface area contributed by atoms with Gasteiger partial charge in [0.2, 0.25) is 5.91 Å². The highest BCUT2D eigenvalue weighted by molar-refractivity contribution is 7.17. The van der Waals surface area contributed by atoms with Crippen LogP contribution < -0.4 is 10.6 Å². The standard InChI is InChI=1S/C22H26N2O4S/c1-4-15-9-11-16(12-10-15)24-20(26)13(2)28-22(27)19-17-7-5-6-8-18(17)29-21(19)23-14(3)25/h9-13H,4-8H2,1-3H3,(H,23,25)(H,24,26). The van der Waals surface area contributed by atoms with Crippen molar-refractivity contribution >= 4 is 39.8 Å². The molecule has 0 aliphatic heterocycles. The fraction of sp³-hybridized carbons (Fsp3) is 0.409. The van der Waals surface area contributed by atoms with Crippen LogP contribution in [0.1, 0.15) is 60.0 Å². The first-order valence-corrected chi connectivity index (χ1v) is 10.7. The number of aryl methyl sites for hydroxylation is 2. The van der Waals surface area contributed by atoms with E-state index in [1.807, 2.05) is 24.3 Å². The van der Waals surface area contributed by atoms with E-state index in [1.54, 1.807) is 6.92 Å². The fourth-order valence-corrected chi connectivity index (χ4v) is 4.69. The van der Waals surface area contributed by atoms with Crippen molar-refractivity contribution in [3.63, 3.8) is 0 Å². The molecule has 29 heavy (non-hydrogen) atoms. The highest BCUT2D eigenvalue weighted by atomic mass is 32.1. The van der Waals surface area contributed by atoms with Gasteiger partial charge in [0.1, 0.15) is 5.00 Å². The maximum absolute atomic E-state index is 12.9. The molecule has 3 rings (SSSR count). The lowest BCUT2D eigenvalue weighted by atomic mass is 9.95. The number of fused-ring (bicyclic) bond motifs is 1. The second-order valence-corrected chi connectivity index (χ2v) is 8.29. The first-order valence-electron chi connectivity index (χ1n) is 9.92. The van der Waals surface area contributed by atoms with E-state index in [9.17, 15) is 14.4 Å². The topological polar surface area (TPSA) is 84.5 Å². The summed E-state index contributed by atoms with van der Waals surface area (Å²) in [6.45, 7) is 5.02. The van der Waals surface area contributed by atoms with Crippen LogP contribution in [-0.4, -0.2) is 23.9 Å². The van der Waals surface area contributed by atoms with E-state index in [-0.39, 0.29) is 5.91 Å². The molecule has 0 fully saturated rings. The van der Waals surface area contributed by atoms with Crippen LogP contribution >= 0.6 is 11.3 Å². The Morgan fingerprint density at radius 3 is 2.45 bits per heavy atom. The maximum atomic E-state index is 12.9. The number of thiophene rings is 1. The number of amides is 2. The molecule has 1 aromatic heterocycles. The van der Waals surface area contributed by atoms with Gasteiger partial charge < -0.3 is 15.4 Å². The third kappa shape index (κ3) is 5.03. The minimum absolute atomic E-state index is 0.237. The fourth-order valence-electron chi connectivity index (χ4n) is 3.37. The van der Waals surface area contributed by atoms with Gasteiger partial charge in [0.15, 0.2) is 6.10 Å². The molecule has 1 atom stereocenters. The van der Waals surface area contributed by atoms with Crippen molar-refractivity contribution in [2.24, 2.45) is 0 Å². The number of anilines is 2. The number of benzene rings is 1. The van der Waals surface area contributed by atoms with Gasteiger partial charge in [-0.15, -0.1) is 11.3 Å². The van der Waals surface area contributed by atoms with Gasteiger partial charge in [0.25, 0.3) is 5.91 Å². The van der Waals surface area contributed by atoms with Crippen molar-refractivity contribution in [2.45, 2.75) is 59.0 Å². The Balaban J connectivity index is 1.72. The van der Waals surface area contributed by atoms with Gasteiger partial charge in [-0.1, -0.05) is 19.1 Å². The average molecular weight is 415 g/mol. The van der Waals surface area contributed by atoms with Crippen LogP contribution in [0.4, 0.5) is 10.7 Å². The normalized spacial score (nSPS) is 13.9. The van der Waals surface area contributed by atoms with E-state index in [0.717, 1.165) is 42.5 Å². The van der Waals surface area contributed by atoms with Crippen LogP contribution in [0.2, 0.25) is 0 Å². The molecule has 2 amide bonds. The minimum Gasteiger partial charge on any atom is -0.449 e. The first kappa shape index (κ1) is 21.0. The summed E-state index contributed by atoms with van der Waals surface area (Å²) in [5.41, 5.74) is 3.17. The Morgan fingerprint density at radius 1 is 1.10 bits per heavy atom. The van der Waals surface area contributed by atoms with Gasteiger partial charge in [-0.25, -0.2) is 4.79 Å². The highest BCUT2D eigenvalue weighted by Crippen LogP contribution is 2.38. The van der Waals surface area contributed by atoms with Gasteiger partial charge in [0.05, 0.1) is 5.56 Å². The number of hydrogen-bond donors (Lipinski definition) is 2. The second kappa shape index (κ2) is 9.22. The molecule has 0 bridgehead atoms. The van der Waals surface area contributed by atoms with Crippen LogP contribution in [0.3, 0.4) is 0 Å². The number of rotatable bonds is 6. The van der Waals surface area contributed by atoms with Gasteiger partial charge in [0, 0.05) is 17.5 Å². The van der Waals surface area contributed by atoms with Crippen molar-refractivity contribution in [3.8, 4) is 0 Å². The van der Waals surface area contributed by atoms with E-state index < -0.39 is 18.0 Å². The molecule has 1 aromatic carbocycles. The van der Waals surface area contributed by atoms with Gasteiger partial charge in [-0.2, -0.15) is 0 Å². The summed E-state index contributed by atoms with van der Waals surface area (Å²) in [6, 6.07) is 7.55. The van der Waals surface area contributed by atoms with Gasteiger partial charge in [-0.3, -0.25) is 9.59 Å².